The minimum absolute atomic E-state index is 0.276. The Morgan fingerprint density at radius 3 is 3.04 bits per heavy atom. The number of rotatable bonds is 6. The molecule has 1 unspecified atom stereocenters. The minimum Gasteiger partial charge on any atom is -0.495 e. The Kier molecular flexibility index (Phi) is 4.92. The summed E-state index contributed by atoms with van der Waals surface area (Å²) in [7, 11) is 1.65. The number of aromatic nitrogens is 2. The lowest BCUT2D eigenvalue weighted by atomic mass is 10.2. The average molecular weight is 314 g/mol. The first-order valence-electron chi connectivity index (χ1n) is 7.85. The van der Waals surface area contributed by atoms with Gasteiger partial charge in [0.1, 0.15) is 11.6 Å². The number of nitrogens with zero attached hydrogens (tertiary/aromatic N) is 2. The van der Waals surface area contributed by atoms with E-state index in [0.717, 1.165) is 48.8 Å². The van der Waals surface area contributed by atoms with Crippen LogP contribution < -0.4 is 15.4 Å². The van der Waals surface area contributed by atoms with Crippen LogP contribution in [0.3, 0.4) is 0 Å². The van der Waals surface area contributed by atoms with E-state index in [1.807, 2.05) is 31.2 Å². The summed E-state index contributed by atoms with van der Waals surface area (Å²) in [5.41, 5.74) is 1.99. The molecule has 1 saturated heterocycles. The fourth-order valence-electron chi connectivity index (χ4n) is 2.58. The first kappa shape index (κ1) is 15.6. The zero-order valence-electron chi connectivity index (χ0n) is 13.5. The minimum atomic E-state index is 0.276. The van der Waals surface area contributed by atoms with E-state index in [0.29, 0.717) is 5.95 Å². The van der Waals surface area contributed by atoms with Crippen molar-refractivity contribution in [1.29, 1.82) is 0 Å². The van der Waals surface area contributed by atoms with E-state index in [1.54, 1.807) is 13.3 Å². The highest BCUT2D eigenvalue weighted by molar-refractivity contribution is 5.64. The summed E-state index contributed by atoms with van der Waals surface area (Å²) in [6.07, 6.45) is 4.24. The molecule has 0 saturated carbocycles. The van der Waals surface area contributed by atoms with E-state index >= 15 is 0 Å². The van der Waals surface area contributed by atoms with Crippen molar-refractivity contribution in [2.45, 2.75) is 25.9 Å². The predicted molar refractivity (Wildman–Crippen MR) is 90.5 cm³/mol. The van der Waals surface area contributed by atoms with Gasteiger partial charge in [-0.2, -0.15) is 4.98 Å². The maximum Gasteiger partial charge on any atom is 0.229 e. The van der Waals surface area contributed by atoms with Gasteiger partial charge in [0.05, 0.1) is 18.9 Å². The van der Waals surface area contributed by atoms with Crippen LogP contribution in [0.25, 0.3) is 0 Å². The van der Waals surface area contributed by atoms with Gasteiger partial charge in [0.25, 0.3) is 0 Å². The van der Waals surface area contributed by atoms with Gasteiger partial charge < -0.3 is 20.1 Å². The lowest BCUT2D eigenvalue weighted by Crippen LogP contribution is -2.19. The van der Waals surface area contributed by atoms with Crippen molar-refractivity contribution in [3.63, 3.8) is 0 Å². The Bertz CT molecular complexity index is 657. The van der Waals surface area contributed by atoms with Gasteiger partial charge in [-0.15, -0.1) is 0 Å². The zero-order chi connectivity index (χ0) is 16.1. The van der Waals surface area contributed by atoms with Gasteiger partial charge >= 0.3 is 0 Å². The van der Waals surface area contributed by atoms with Crippen molar-refractivity contribution >= 4 is 17.5 Å². The molecule has 0 aliphatic carbocycles. The fourth-order valence-corrected chi connectivity index (χ4v) is 2.58. The van der Waals surface area contributed by atoms with Crippen LogP contribution in [-0.4, -0.2) is 36.3 Å². The van der Waals surface area contributed by atoms with Gasteiger partial charge in [0.2, 0.25) is 5.95 Å². The number of hydrogen-bond donors (Lipinski definition) is 2. The lowest BCUT2D eigenvalue weighted by Gasteiger charge is -2.13. The Balaban J connectivity index is 1.68. The van der Waals surface area contributed by atoms with Crippen LogP contribution in [0.5, 0.6) is 5.75 Å². The highest BCUT2D eigenvalue weighted by Crippen LogP contribution is 2.27. The number of methoxy groups -OCH3 is 1. The zero-order valence-corrected chi connectivity index (χ0v) is 13.5. The SMILES string of the molecule is COc1ccc(C)cc1Nc1nccc(NCC2CCCO2)n1. The molecule has 0 amide bonds. The van der Waals surface area contributed by atoms with Crippen molar-refractivity contribution in [2.24, 2.45) is 0 Å². The van der Waals surface area contributed by atoms with Crippen LogP contribution in [0.1, 0.15) is 18.4 Å². The molecule has 1 aliphatic heterocycles. The van der Waals surface area contributed by atoms with Crippen molar-refractivity contribution in [3.05, 3.63) is 36.0 Å². The largest absolute Gasteiger partial charge is 0.495 e. The van der Waals surface area contributed by atoms with Crippen molar-refractivity contribution in [1.82, 2.24) is 9.97 Å². The molecule has 2 N–H and O–H groups in total. The molecule has 1 atom stereocenters. The van der Waals surface area contributed by atoms with E-state index in [-0.39, 0.29) is 6.10 Å². The van der Waals surface area contributed by atoms with E-state index in [2.05, 4.69) is 20.6 Å². The van der Waals surface area contributed by atoms with Crippen LogP contribution >= 0.6 is 0 Å². The molecule has 6 heteroatoms. The van der Waals surface area contributed by atoms with E-state index in [1.165, 1.54) is 0 Å². The molecular weight excluding hydrogens is 292 g/mol. The number of aryl methyl sites for hydroxylation is 1. The number of hydrogen-bond acceptors (Lipinski definition) is 6. The van der Waals surface area contributed by atoms with Crippen molar-refractivity contribution in [3.8, 4) is 5.75 Å². The first-order chi connectivity index (χ1) is 11.2. The summed E-state index contributed by atoms with van der Waals surface area (Å²) >= 11 is 0. The maximum absolute atomic E-state index is 5.61. The third kappa shape index (κ3) is 4.10. The Morgan fingerprint density at radius 1 is 1.35 bits per heavy atom. The second-order valence-electron chi connectivity index (χ2n) is 5.61. The average Bonchev–Trinajstić information content (AvgIpc) is 3.07. The standard InChI is InChI=1S/C17H22N4O2/c1-12-5-6-15(22-2)14(10-12)20-17-18-8-7-16(21-17)19-11-13-4-3-9-23-13/h5-8,10,13H,3-4,9,11H2,1-2H3,(H2,18,19,20,21). The van der Waals surface area contributed by atoms with Crippen molar-refractivity contribution in [2.75, 3.05) is 30.9 Å². The quantitative estimate of drug-likeness (QED) is 0.854. The Morgan fingerprint density at radius 2 is 2.26 bits per heavy atom. The van der Waals surface area contributed by atoms with Crippen LogP contribution in [0.4, 0.5) is 17.5 Å². The molecule has 1 aromatic heterocycles. The molecule has 23 heavy (non-hydrogen) atoms. The third-order valence-electron chi connectivity index (χ3n) is 3.79. The second kappa shape index (κ2) is 7.28. The summed E-state index contributed by atoms with van der Waals surface area (Å²) in [4.78, 5) is 8.76. The van der Waals surface area contributed by atoms with Crippen LogP contribution in [-0.2, 0) is 4.74 Å². The molecule has 1 fully saturated rings. The highest BCUT2D eigenvalue weighted by atomic mass is 16.5. The van der Waals surface area contributed by atoms with Gasteiger partial charge in [-0.05, 0) is 43.5 Å². The monoisotopic (exact) mass is 314 g/mol. The molecule has 0 radical (unpaired) electrons. The topological polar surface area (TPSA) is 68.3 Å². The number of anilines is 3. The van der Waals surface area contributed by atoms with E-state index < -0.39 is 0 Å². The van der Waals surface area contributed by atoms with E-state index in [9.17, 15) is 0 Å². The summed E-state index contributed by atoms with van der Waals surface area (Å²) in [6.45, 7) is 3.66. The number of nitrogens with one attached hydrogen (secondary N) is 2. The van der Waals surface area contributed by atoms with Gasteiger partial charge in [-0.3, -0.25) is 0 Å². The van der Waals surface area contributed by atoms with Gasteiger partial charge in [0.15, 0.2) is 0 Å². The molecule has 3 rings (SSSR count). The van der Waals surface area contributed by atoms with Gasteiger partial charge in [-0.25, -0.2) is 4.98 Å². The first-order valence-corrected chi connectivity index (χ1v) is 7.85. The molecule has 1 aliphatic rings. The molecule has 6 nitrogen and oxygen atoms in total. The van der Waals surface area contributed by atoms with Gasteiger partial charge in [0, 0.05) is 19.3 Å². The van der Waals surface area contributed by atoms with E-state index in [4.69, 9.17) is 9.47 Å². The number of ether oxygens (including phenoxy) is 2. The van der Waals surface area contributed by atoms with Gasteiger partial charge in [-0.1, -0.05) is 6.07 Å². The molecule has 1 aromatic carbocycles. The molecular formula is C17H22N4O2. The van der Waals surface area contributed by atoms with Crippen LogP contribution in [0.15, 0.2) is 30.5 Å². The van der Waals surface area contributed by atoms with Crippen LogP contribution in [0.2, 0.25) is 0 Å². The Hall–Kier alpha value is -2.34. The predicted octanol–water partition coefficient (Wildman–Crippen LogP) is 3.13. The van der Waals surface area contributed by atoms with Crippen LogP contribution in [0, 0.1) is 6.92 Å². The molecule has 122 valence electrons. The lowest BCUT2D eigenvalue weighted by molar-refractivity contribution is 0.120. The molecule has 2 heterocycles. The Labute approximate surface area is 136 Å². The number of benzene rings is 1. The smallest absolute Gasteiger partial charge is 0.229 e. The van der Waals surface area contributed by atoms with Crippen molar-refractivity contribution < 1.29 is 9.47 Å². The summed E-state index contributed by atoms with van der Waals surface area (Å²) in [5.74, 6) is 2.08. The summed E-state index contributed by atoms with van der Waals surface area (Å²) < 4.78 is 11.0. The molecule has 2 aromatic rings. The second-order valence-corrected chi connectivity index (χ2v) is 5.61. The summed E-state index contributed by atoms with van der Waals surface area (Å²) in [5, 5.41) is 6.52. The molecule has 0 spiro atoms. The maximum atomic E-state index is 5.61. The highest BCUT2D eigenvalue weighted by Gasteiger charge is 2.15. The molecule has 0 bridgehead atoms. The normalized spacial score (nSPS) is 17.0. The fraction of sp³-hybridized carbons (Fsp3) is 0.412. The summed E-state index contributed by atoms with van der Waals surface area (Å²) in [6, 6.07) is 7.80. The third-order valence-corrected chi connectivity index (χ3v) is 3.79.